The van der Waals surface area contributed by atoms with Crippen molar-refractivity contribution in [1.29, 1.82) is 10.5 Å². The zero-order chi connectivity index (χ0) is 12.8. The smallest absolute Gasteiger partial charge is 0.101 e. The van der Waals surface area contributed by atoms with Gasteiger partial charge >= 0.3 is 0 Å². The molecule has 0 amide bonds. The van der Waals surface area contributed by atoms with Crippen molar-refractivity contribution in [3.05, 3.63) is 29.3 Å². The summed E-state index contributed by atoms with van der Waals surface area (Å²) >= 11 is 0. The normalized spacial score (nSPS) is 16.3. The second-order valence-electron chi connectivity index (χ2n) is 4.82. The van der Waals surface area contributed by atoms with Gasteiger partial charge in [-0.2, -0.15) is 10.5 Å². The van der Waals surface area contributed by atoms with Crippen LogP contribution in [0.15, 0.2) is 18.2 Å². The van der Waals surface area contributed by atoms with E-state index in [0.29, 0.717) is 17.2 Å². The maximum atomic E-state index is 9.00. The number of rotatable bonds is 2. The maximum Gasteiger partial charge on any atom is 0.101 e. The van der Waals surface area contributed by atoms with Gasteiger partial charge in [0.15, 0.2) is 0 Å². The van der Waals surface area contributed by atoms with Crippen LogP contribution in [0.5, 0.6) is 0 Å². The van der Waals surface area contributed by atoms with Gasteiger partial charge in [-0.3, -0.25) is 0 Å². The predicted molar refractivity (Wildman–Crippen MR) is 71.0 cm³/mol. The Morgan fingerprint density at radius 1 is 0.944 bits per heavy atom. The minimum atomic E-state index is 0.448. The highest BCUT2D eigenvalue weighted by molar-refractivity contribution is 5.56. The molecule has 0 bridgehead atoms. The second-order valence-corrected chi connectivity index (χ2v) is 4.82. The number of benzene rings is 1. The minimum Gasteiger partial charge on any atom is -0.382 e. The van der Waals surface area contributed by atoms with Crippen molar-refractivity contribution >= 4 is 5.69 Å². The molecule has 1 aromatic carbocycles. The van der Waals surface area contributed by atoms with Crippen LogP contribution < -0.4 is 5.32 Å². The standard InChI is InChI=1S/C15H17N3/c16-10-12-7-8-15(9-13(12)11-17)18-14-5-3-1-2-4-6-14/h7-9,14,18H,1-6H2. The lowest BCUT2D eigenvalue weighted by atomic mass is 10.1. The molecule has 1 N–H and O–H groups in total. The highest BCUT2D eigenvalue weighted by Crippen LogP contribution is 2.22. The van der Waals surface area contributed by atoms with E-state index in [-0.39, 0.29) is 0 Å². The molecule has 18 heavy (non-hydrogen) atoms. The van der Waals surface area contributed by atoms with Crippen molar-refractivity contribution in [1.82, 2.24) is 0 Å². The van der Waals surface area contributed by atoms with E-state index in [4.69, 9.17) is 10.5 Å². The van der Waals surface area contributed by atoms with Gasteiger partial charge in [0.2, 0.25) is 0 Å². The molecule has 3 heteroatoms. The Balaban J connectivity index is 2.10. The lowest BCUT2D eigenvalue weighted by molar-refractivity contribution is 0.620. The van der Waals surface area contributed by atoms with Gasteiger partial charge in [0, 0.05) is 11.7 Å². The van der Waals surface area contributed by atoms with Crippen LogP contribution in [0.3, 0.4) is 0 Å². The molecule has 2 rings (SSSR count). The fourth-order valence-corrected chi connectivity index (χ4v) is 2.48. The van der Waals surface area contributed by atoms with Crippen LogP contribution in [-0.2, 0) is 0 Å². The molecule has 0 spiro atoms. The lowest BCUT2D eigenvalue weighted by Gasteiger charge is -2.17. The van der Waals surface area contributed by atoms with Crippen molar-refractivity contribution < 1.29 is 0 Å². The molecule has 1 fully saturated rings. The molecule has 0 atom stereocenters. The van der Waals surface area contributed by atoms with E-state index in [9.17, 15) is 0 Å². The summed E-state index contributed by atoms with van der Waals surface area (Å²) in [5, 5.41) is 21.4. The van der Waals surface area contributed by atoms with Gasteiger partial charge < -0.3 is 5.32 Å². The lowest BCUT2D eigenvalue weighted by Crippen LogP contribution is -2.18. The molecule has 1 saturated carbocycles. The second kappa shape index (κ2) is 6.07. The van der Waals surface area contributed by atoms with Gasteiger partial charge in [-0.1, -0.05) is 25.7 Å². The Kier molecular flexibility index (Phi) is 4.20. The SMILES string of the molecule is N#Cc1ccc(NC2CCCCCC2)cc1C#N. The third-order valence-corrected chi connectivity index (χ3v) is 3.49. The Morgan fingerprint density at radius 2 is 1.61 bits per heavy atom. The van der Waals surface area contributed by atoms with Crippen LogP contribution in [0.4, 0.5) is 5.69 Å². The minimum absolute atomic E-state index is 0.448. The maximum absolute atomic E-state index is 9.00. The fourth-order valence-electron chi connectivity index (χ4n) is 2.48. The fraction of sp³-hybridized carbons (Fsp3) is 0.467. The first-order valence-corrected chi connectivity index (χ1v) is 6.54. The van der Waals surface area contributed by atoms with Gasteiger partial charge in [0.05, 0.1) is 11.1 Å². The summed E-state index contributed by atoms with van der Waals surface area (Å²) in [6, 6.07) is 10.0. The van der Waals surface area contributed by atoms with E-state index in [1.54, 1.807) is 12.1 Å². The Bertz CT molecular complexity index is 485. The first kappa shape index (κ1) is 12.5. The summed E-state index contributed by atoms with van der Waals surface area (Å²) in [5.74, 6) is 0. The van der Waals surface area contributed by atoms with E-state index in [2.05, 4.69) is 11.4 Å². The quantitative estimate of drug-likeness (QED) is 0.803. The summed E-state index contributed by atoms with van der Waals surface area (Å²) in [6.45, 7) is 0. The van der Waals surface area contributed by atoms with Crippen molar-refractivity contribution in [3.63, 3.8) is 0 Å². The number of nitrogens with zero attached hydrogens (tertiary/aromatic N) is 2. The average molecular weight is 239 g/mol. The van der Waals surface area contributed by atoms with E-state index >= 15 is 0 Å². The van der Waals surface area contributed by atoms with Crippen LogP contribution >= 0.6 is 0 Å². The third kappa shape index (κ3) is 3.02. The number of nitrogens with one attached hydrogen (secondary N) is 1. The first-order chi connectivity index (χ1) is 8.83. The number of hydrogen-bond acceptors (Lipinski definition) is 3. The highest BCUT2D eigenvalue weighted by atomic mass is 14.9. The molecule has 0 saturated heterocycles. The molecule has 0 heterocycles. The monoisotopic (exact) mass is 239 g/mol. The van der Waals surface area contributed by atoms with Crippen molar-refractivity contribution in [3.8, 4) is 12.1 Å². The van der Waals surface area contributed by atoms with Crippen LogP contribution in [0.1, 0.15) is 49.7 Å². The van der Waals surface area contributed by atoms with Crippen molar-refractivity contribution in [2.24, 2.45) is 0 Å². The molecule has 1 aromatic rings. The van der Waals surface area contributed by atoms with Gasteiger partial charge in [-0.15, -0.1) is 0 Å². The molecule has 0 aromatic heterocycles. The highest BCUT2D eigenvalue weighted by Gasteiger charge is 2.12. The summed E-state index contributed by atoms with van der Waals surface area (Å²) in [4.78, 5) is 0. The Morgan fingerprint density at radius 3 is 2.22 bits per heavy atom. The summed E-state index contributed by atoms with van der Waals surface area (Å²) in [7, 11) is 0. The Labute approximate surface area is 108 Å². The molecule has 3 nitrogen and oxygen atoms in total. The summed E-state index contributed by atoms with van der Waals surface area (Å²) in [5.41, 5.74) is 1.86. The molecule has 1 aliphatic rings. The average Bonchev–Trinajstić information content (AvgIpc) is 2.67. The molecular weight excluding hydrogens is 222 g/mol. The first-order valence-electron chi connectivity index (χ1n) is 6.54. The van der Waals surface area contributed by atoms with Crippen molar-refractivity contribution in [2.75, 3.05) is 5.32 Å². The molecular formula is C15H17N3. The summed E-state index contributed by atoms with van der Waals surface area (Å²) < 4.78 is 0. The van der Waals surface area contributed by atoms with Gasteiger partial charge in [-0.05, 0) is 31.0 Å². The van der Waals surface area contributed by atoms with Crippen LogP contribution in [0.25, 0.3) is 0 Å². The van der Waals surface area contributed by atoms with Crippen LogP contribution in [0.2, 0.25) is 0 Å². The third-order valence-electron chi connectivity index (χ3n) is 3.49. The topological polar surface area (TPSA) is 59.6 Å². The van der Waals surface area contributed by atoms with Gasteiger partial charge in [0.25, 0.3) is 0 Å². The van der Waals surface area contributed by atoms with Gasteiger partial charge in [-0.25, -0.2) is 0 Å². The summed E-state index contributed by atoms with van der Waals surface area (Å²) in [6.07, 6.45) is 7.60. The zero-order valence-corrected chi connectivity index (χ0v) is 10.4. The molecule has 1 aliphatic carbocycles. The number of nitriles is 2. The molecule has 0 radical (unpaired) electrons. The zero-order valence-electron chi connectivity index (χ0n) is 10.4. The van der Waals surface area contributed by atoms with Crippen LogP contribution in [-0.4, -0.2) is 6.04 Å². The predicted octanol–water partition coefficient (Wildman–Crippen LogP) is 3.56. The Hall–Kier alpha value is -2.00. The van der Waals surface area contributed by atoms with Gasteiger partial charge in [0.1, 0.15) is 12.1 Å². The van der Waals surface area contributed by atoms with E-state index in [1.807, 2.05) is 12.1 Å². The van der Waals surface area contributed by atoms with E-state index in [1.165, 1.54) is 38.5 Å². The number of anilines is 1. The van der Waals surface area contributed by atoms with E-state index < -0.39 is 0 Å². The molecule has 0 unspecified atom stereocenters. The molecule has 0 aliphatic heterocycles. The van der Waals surface area contributed by atoms with E-state index in [0.717, 1.165) is 5.69 Å². The van der Waals surface area contributed by atoms with Crippen molar-refractivity contribution in [2.45, 2.75) is 44.6 Å². The largest absolute Gasteiger partial charge is 0.382 e. The van der Waals surface area contributed by atoms with Crippen LogP contribution in [0, 0.1) is 22.7 Å². The number of hydrogen-bond donors (Lipinski definition) is 1. The molecule has 92 valence electrons.